The molecule has 0 aliphatic carbocycles. The molecule has 0 spiro atoms. The van der Waals surface area contributed by atoms with Crippen molar-refractivity contribution in [2.45, 2.75) is 13.2 Å². The van der Waals surface area contributed by atoms with Crippen LogP contribution in [0.25, 0.3) is 0 Å². The normalized spacial score (nSPS) is 14.8. The highest BCUT2D eigenvalue weighted by molar-refractivity contribution is 6.33. The van der Waals surface area contributed by atoms with E-state index in [1.165, 1.54) is 0 Å². The molecule has 6 heteroatoms. The van der Waals surface area contributed by atoms with E-state index in [-0.39, 0.29) is 0 Å². The topological polar surface area (TPSA) is 63.4 Å². The van der Waals surface area contributed by atoms with E-state index in [2.05, 4.69) is 15.2 Å². The van der Waals surface area contributed by atoms with Gasteiger partial charge in [-0.05, 0) is 11.1 Å². The van der Waals surface area contributed by atoms with E-state index < -0.39 is 0 Å². The number of halogens is 1. The number of nitrogens with one attached hydrogen (secondary N) is 1. The fourth-order valence-electron chi connectivity index (χ4n) is 2.61. The van der Waals surface area contributed by atoms with Crippen molar-refractivity contribution >= 4 is 17.4 Å². The van der Waals surface area contributed by atoms with Gasteiger partial charge in [0, 0.05) is 38.8 Å². The third-order valence-electron chi connectivity index (χ3n) is 3.85. The molecule has 0 radical (unpaired) electrons. The van der Waals surface area contributed by atoms with Gasteiger partial charge in [0.15, 0.2) is 0 Å². The van der Waals surface area contributed by atoms with Gasteiger partial charge in [-0.2, -0.15) is 0 Å². The lowest BCUT2D eigenvalue weighted by atomic mass is 10.1. The molecule has 2 aromatic rings. The Kier molecular flexibility index (Phi) is 5.33. The van der Waals surface area contributed by atoms with Crippen LogP contribution in [0, 0.1) is 0 Å². The number of hydrogen-bond acceptors (Lipinski definition) is 5. The SMILES string of the molecule is NCc1cccc(COc2cnc(N3CCNCC3)c(Cl)c2)c1. The molecule has 1 aromatic heterocycles. The lowest BCUT2D eigenvalue weighted by molar-refractivity contribution is 0.305. The van der Waals surface area contributed by atoms with E-state index in [9.17, 15) is 0 Å². The molecule has 1 aromatic carbocycles. The summed E-state index contributed by atoms with van der Waals surface area (Å²) in [5.74, 6) is 1.50. The summed E-state index contributed by atoms with van der Waals surface area (Å²) in [4.78, 5) is 6.66. The molecular formula is C17H21ClN4O. The third-order valence-corrected chi connectivity index (χ3v) is 4.12. The van der Waals surface area contributed by atoms with Crippen molar-refractivity contribution in [1.82, 2.24) is 10.3 Å². The second-order valence-corrected chi connectivity index (χ2v) is 5.93. The van der Waals surface area contributed by atoms with Gasteiger partial charge in [-0.3, -0.25) is 0 Å². The van der Waals surface area contributed by atoms with Crippen molar-refractivity contribution in [1.29, 1.82) is 0 Å². The van der Waals surface area contributed by atoms with Crippen LogP contribution < -0.4 is 20.7 Å². The van der Waals surface area contributed by atoms with Crippen LogP contribution in [0.2, 0.25) is 5.02 Å². The average Bonchev–Trinajstić information content (AvgIpc) is 2.61. The Morgan fingerprint density at radius 2 is 2.00 bits per heavy atom. The Bertz CT molecular complexity index is 659. The van der Waals surface area contributed by atoms with Gasteiger partial charge >= 0.3 is 0 Å². The number of ether oxygens (including phenoxy) is 1. The van der Waals surface area contributed by atoms with Gasteiger partial charge in [0.25, 0.3) is 0 Å². The number of pyridine rings is 1. The Morgan fingerprint density at radius 1 is 1.22 bits per heavy atom. The summed E-state index contributed by atoms with van der Waals surface area (Å²) in [6, 6.07) is 9.88. The predicted octanol–water partition coefficient (Wildman–Crippen LogP) is 2.18. The Balaban J connectivity index is 1.65. The standard InChI is InChI=1S/C17H21ClN4O/c18-16-9-15(11-21-17(16)22-6-4-20-5-7-22)23-12-14-3-1-2-13(8-14)10-19/h1-3,8-9,11,20H,4-7,10,12,19H2. The van der Waals surface area contributed by atoms with E-state index in [0.717, 1.165) is 43.1 Å². The van der Waals surface area contributed by atoms with Crippen molar-refractivity contribution in [3.63, 3.8) is 0 Å². The fourth-order valence-corrected chi connectivity index (χ4v) is 2.89. The molecule has 2 heterocycles. The van der Waals surface area contributed by atoms with Crippen LogP contribution in [0.4, 0.5) is 5.82 Å². The molecule has 0 atom stereocenters. The quantitative estimate of drug-likeness (QED) is 0.878. The van der Waals surface area contributed by atoms with Crippen LogP contribution >= 0.6 is 11.6 Å². The minimum absolute atomic E-state index is 0.471. The number of benzene rings is 1. The van der Waals surface area contributed by atoms with Crippen molar-refractivity contribution in [3.8, 4) is 5.75 Å². The third kappa shape index (κ3) is 4.13. The summed E-state index contributed by atoms with van der Waals surface area (Å²) >= 11 is 6.37. The highest BCUT2D eigenvalue weighted by atomic mass is 35.5. The van der Waals surface area contributed by atoms with Gasteiger partial charge in [-0.15, -0.1) is 0 Å². The largest absolute Gasteiger partial charge is 0.487 e. The first-order chi connectivity index (χ1) is 11.3. The Morgan fingerprint density at radius 3 is 2.74 bits per heavy atom. The van der Waals surface area contributed by atoms with E-state index >= 15 is 0 Å². The van der Waals surface area contributed by atoms with Gasteiger partial charge in [0.1, 0.15) is 18.2 Å². The summed E-state index contributed by atoms with van der Waals surface area (Å²) < 4.78 is 5.80. The number of nitrogens with zero attached hydrogens (tertiary/aromatic N) is 2. The van der Waals surface area contributed by atoms with E-state index in [1.54, 1.807) is 6.20 Å². The number of rotatable bonds is 5. The van der Waals surface area contributed by atoms with Crippen LogP contribution in [0.5, 0.6) is 5.75 Å². The summed E-state index contributed by atoms with van der Waals surface area (Å²) in [7, 11) is 0. The van der Waals surface area contributed by atoms with Crippen LogP contribution in [0.3, 0.4) is 0 Å². The van der Waals surface area contributed by atoms with Gasteiger partial charge in [-0.1, -0.05) is 35.9 Å². The maximum absolute atomic E-state index is 6.37. The number of hydrogen-bond donors (Lipinski definition) is 2. The monoisotopic (exact) mass is 332 g/mol. The molecular weight excluding hydrogens is 312 g/mol. The van der Waals surface area contributed by atoms with Gasteiger partial charge in [-0.25, -0.2) is 4.98 Å². The predicted molar refractivity (Wildman–Crippen MR) is 93.0 cm³/mol. The first kappa shape index (κ1) is 16.1. The fraction of sp³-hybridized carbons (Fsp3) is 0.353. The van der Waals surface area contributed by atoms with Gasteiger partial charge < -0.3 is 20.7 Å². The van der Waals surface area contributed by atoms with E-state index in [0.29, 0.717) is 23.9 Å². The molecule has 122 valence electrons. The first-order valence-corrected chi connectivity index (χ1v) is 8.16. The van der Waals surface area contributed by atoms with Crippen LogP contribution in [-0.4, -0.2) is 31.2 Å². The number of piperazine rings is 1. The molecule has 3 N–H and O–H groups in total. The van der Waals surface area contributed by atoms with Crippen molar-refractivity contribution in [3.05, 3.63) is 52.7 Å². The molecule has 23 heavy (non-hydrogen) atoms. The minimum atomic E-state index is 0.471. The highest BCUT2D eigenvalue weighted by Crippen LogP contribution is 2.27. The van der Waals surface area contributed by atoms with Crippen molar-refractivity contribution < 1.29 is 4.74 Å². The first-order valence-electron chi connectivity index (χ1n) is 7.78. The second kappa shape index (κ2) is 7.64. The molecule has 1 saturated heterocycles. The van der Waals surface area contributed by atoms with E-state index in [4.69, 9.17) is 22.1 Å². The molecule has 1 aliphatic rings. The van der Waals surface area contributed by atoms with E-state index in [1.807, 2.05) is 30.3 Å². The molecule has 0 amide bonds. The minimum Gasteiger partial charge on any atom is -0.487 e. The maximum atomic E-state index is 6.37. The zero-order valence-electron chi connectivity index (χ0n) is 13.0. The maximum Gasteiger partial charge on any atom is 0.147 e. The molecule has 1 aliphatic heterocycles. The Labute approximate surface area is 141 Å². The molecule has 0 saturated carbocycles. The molecule has 5 nitrogen and oxygen atoms in total. The average molecular weight is 333 g/mol. The summed E-state index contributed by atoms with van der Waals surface area (Å²) in [6.07, 6.45) is 1.73. The second-order valence-electron chi connectivity index (χ2n) is 5.53. The highest BCUT2D eigenvalue weighted by Gasteiger charge is 2.15. The van der Waals surface area contributed by atoms with Crippen LogP contribution in [0.1, 0.15) is 11.1 Å². The lowest BCUT2D eigenvalue weighted by Gasteiger charge is -2.29. The number of nitrogens with two attached hydrogens (primary N) is 1. The van der Waals surface area contributed by atoms with Crippen LogP contribution in [0.15, 0.2) is 36.5 Å². The van der Waals surface area contributed by atoms with Crippen molar-refractivity contribution in [2.75, 3.05) is 31.1 Å². The zero-order valence-corrected chi connectivity index (χ0v) is 13.7. The summed E-state index contributed by atoms with van der Waals surface area (Å²) in [5, 5.41) is 3.94. The van der Waals surface area contributed by atoms with Crippen LogP contribution in [-0.2, 0) is 13.2 Å². The lowest BCUT2D eigenvalue weighted by Crippen LogP contribution is -2.44. The molecule has 1 fully saturated rings. The zero-order chi connectivity index (χ0) is 16.1. The van der Waals surface area contributed by atoms with Crippen molar-refractivity contribution in [2.24, 2.45) is 5.73 Å². The summed E-state index contributed by atoms with van der Waals surface area (Å²) in [5.41, 5.74) is 7.83. The molecule has 0 unspecified atom stereocenters. The molecule has 0 bridgehead atoms. The summed E-state index contributed by atoms with van der Waals surface area (Å²) in [6.45, 7) is 4.73. The van der Waals surface area contributed by atoms with Gasteiger partial charge in [0.2, 0.25) is 0 Å². The smallest absolute Gasteiger partial charge is 0.147 e. The Hall–Kier alpha value is -1.82. The number of aromatic nitrogens is 1. The van der Waals surface area contributed by atoms with Gasteiger partial charge in [0.05, 0.1) is 11.2 Å². The number of anilines is 1. The molecule has 3 rings (SSSR count).